The molecule has 0 N–H and O–H groups in total. The molecular formula is C10H18Cl2Si. The zero-order valence-electron chi connectivity index (χ0n) is 8.89. The molecule has 3 heteroatoms. The van der Waals surface area contributed by atoms with E-state index in [-0.39, 0.29) is 24.8 Å². The number of hydrogen-bond donors (Lipinski definition) is 0. The average Bonchev–Trinajstić information content (AvgIpc) is 2.17. The van der Waals surface area contributed by atoms with Crippen molar-refractivity contribution >= 4 is 34.3 Å². The second-order valence-electron chi connectivity index (χ2n) is 3.32. The maximum absolute atomic E-state index is 2.32. The van der Waals surface area contributed by atoms with Gasteiger partial charge in [0.05, 0.1) is 9.52 Å². The molecule has 0 saturated carbocycles. The molecule has 0 nitrogen and oxygen atoms in total. The van der Waals surface area contributed by atoms with Gasteiger partial charge in [0.2, 0.25) is 0 Å². The van der Waals surface area contributed by atoms with E-state index in [4.69, 9.17) is 0 Å². The Labute approximate surface area is 96.5 Å². The van der Waals surface area contributed by atoms with Crippen LogP contribution in [0.2, 0.25) is 6.55 Å². The summed E-state index contributed by atoms with van der Waals surface area (Å²) in [7, 11) is 0.982. The largest absolute Gasteiger partial charge is 0.147 e. The van der Waals surface area contributed by atoms with Gasteiger partial charge in [0, 0.05) is 0 Å². The lowest BCUT2D eigenvalue weighted by Crippen LogP contribution is -2.01. The molecule has 1 aliphatic rings. The van der Waals surface area contributed by atoms with Gasteiger partial charge in [-0.2, -0.15) is 0 Å². The maximum Gasteiger partial charge on any atom is 0.0727 e. The predicted octanol–water partition coefficient (Wildman–Crippen LogP) is 3.84. The van der Waals surface area contributed by atoms with Crippen molar-refractivity contribution in [3.05, 3.63) is 21.9 Å². The summed E-state index contributed by atoms with van der Waals surface area (Å²) in [5, 5.41) is 1.67. The number of rotatable bonds is 1. The number of halogens is 2. The zero-order valence-corrected chi connectivity index (χ0v) is 11.5. The summed E-state index contributed by atoms with van der Waals surface area (Å²) >= 11 is 0. The topological polar surface area (TPSA) is 0 Å². The third-order valence-electron chi connectivity index (χ3n) is 2.91. The summed E-state index contributed by atoms with van der Waals surface area (Å²) in [5.41, 5.74) is 4.66. The summed E-state index contributed by atoms with van der Waals surface area (Å²) < 4.78 is 0. The van der Waals surface area contributed by atoms with Gasteiger partial charge in [-0.05, 0) is 32.3 Å². The summed E-state index contributed by atoms with van der Waals surface area (Å²) in [6.45, 7) is 11.4. The molecule has 0 bridgehead atoms. The van der Waals surface area contributed by atoms with Crippen LogP contribution in [0.4, 0.5) is 0 Å². The van der Waals surface area contributed by atoms with Gasteiger partial charge in [-0.15, -0.1) is 24.8 Å². The van der Waals surface area contributed by atoms with Gasteiger partial charge >= 0.3 is 0 Å². The fourth-order valence-electron chi connectivity index (χ4n) is 1.77. The minimum atomic E-state index is 0. The van der Waals surface area contributed by atoms with Crippen LogP contribution in [0.1, 0.15) is 27.7 Å². The van der Waals surface area contributed by atoms with Gasteiger partial charge in [0.1, 0.15) is 0 Å². The molecule has 0 fully saturated rings. The van der Waals surface area contributed by atoms with Crippen LogP contribution in [0.5, 0.6) is 0 Å². The van der Waals surface area contributed by atoms with Gasteiger partial charge in [0.15, 0.2) is 0 Å². The quantitative estimate of drug-likeness (QED) is 0.608. The molecule has 1 atom stereocenters. The molecule has 1 unspecified atom stereocenters. The molecule has 0 heterocycles. The minimum absolute atomic E-state index is 0. The summed E-state index contributed by atoms with van der Waals surface area (Å²) in [6.07, 6.45) is 0. The second-order valence-corrected chi connectivity index (χ2v) is 4.36. The first-order valence-electron chi connectivity index (χ1n) is 4.15. The van der Waals surface area contributed by atoms with Crippen molar-refractivity contribution in [1.82, 2.24) is 0 Å². The van der Waals surface area contributed by atoms with E-state index in [0.717, 1.165) is 15.4 Å². The highest BCUT2D eigenvalue weighted by Crippen LogP contribution is 2.35. The van der Waals surface area contributed by atoms with E-state index in [1.807, 2.05) is 0 Å². The van der Waals surface area contributed by atoms with Crippen molar-refractivity contribution in [3.8, 4) is 0 Å². The molecule has 0 saturated heterocycles. The highest BCUT2D eigenvalue weighted by molar-refractivity contribution is 6.44. The molecule has 0 spiro atoms. The SMILES string of the molecule is C[Si]C1=C(C)C(C)=C(C)C1C.Cl.Cl. The van der Waals surface area contributed by atoms with E-state index in [9.17, 15) is 0 Å². The van der Waals surface area contributed by atoms with E-state index in [1.54, 1.807) is 16.3 Å². The van der Waals surface area contributed by atoms with Gasteiger partial charge in [0.25, 0.3) is 0 Å². The highest BCUT2D eigenvalue weighted by atomic mass is 35.5. The standard InChI is InChI=1S/C10H16Si.2ClH/c1-6-7(2)9(4)10(11-5)8(6)3;;/h8H,1-5H3;2*1H. The van der Waals surface area contributed by atoms with Crippen LogP contribution in [0.3, 0.4) is 0 Å². The van der Waals surface area contributed by atoms with Crippen LogP contribution in [-0.4, -0.2) is 9.52 Å². The van der Waals surface area contributed by atoms with Gasteiger partial charge in [-0.3, -0.25) is 0 Å². The average molecular weight is 237 g/mol. The first-order valence-corrected chi connectivity index (χ1v) is 5.65. The third-order valence-corrected chi connectivity index (χ3v) is 4.26. The van der Waals surface area contributed by atoms with Crippen LogP contribution < -0.4 is 0 Å². The Hall–Kier alpha value is 0.277. The lowest BCUT2D eigenvalue weighted by atomic mass is 10.1. The Morgan fingerprint density at radius 3 is 1.62 bits per heavy atom. The highest BCUT2D eigenvalue weighted by Gasteiger charge is 2.21. The Bertz CT molecular complexity index is 241. The van der Waals surface area contributed by atoms with Crippen molar-refractivity contribution in [1.29, 1.82) is 0 Å². The molecule has 2 radical (unpaired) electrons. The van der Waals surface area contributed by atoms with Crippen molar-refractivity contribution in [3.63, 3.8) is 0 Å². The van der Waals surface area contributed by atoms with Gasteiger partial charge in [-0.25, -0.2) is 0 Å². The van der Waals surface area contributed by atoms with Crippen molar-refractivity contribution in [2.75, 3.05) is 0 Å². The molecule has 0 aromatic carbocycles. The third kappa shape index (κ3) is 2.61. The molecule has 0 amide bonds. The van der Waals surface area contributed by atoms with Crippen LogP contribution in [0.25, 0.3) is 0 Å². The molecule has 0 aromatic heterocycles. The van der Waals surface area contributed by atoms with E-state index in [0.29, 0.717) is 0 Å². The maximum atomic E-state index is 2.32. The Balaban J connectivity index is 0. The number of allylic oxidation sites excluding steroid dienone is 4. The minimum Gasteiger partial charge on any atom is -0.147 e. The fraction of sp³-hybridized carbons (Fsp3) is 0.600. The van der Waals surface area contributed by atoms with Crippen LogP contribution in [-0.2, 0) is 0 Å². The first kappa shape index (κ1) is 15.7. The lowest BCUT2D eigenvalue weighted by Gasteiger charge is -2.08. The fourth-order valence-corrected chi connectivity index (χ4v) is 2.98. The predicted molar refractivity (Wildman–Crippen MR) is 66.4 cm³/mol. The Morgan fingerprint density at radius 1 is 1.00 bits per heavy atom. The van der Waals surface area contributed by atoms with E-state index < -0.39 is 0 Å². The first-order chi connectivity index (χ1) is 5.09. The molecule has 1 aliphatic carbocycles. The Kier molecular flexibility index (Phi) is 7.13. The lowest BCUT2D eigenvalue weighted by molar-refractivity contribution is 0.855. The zero-order chi connectivity index (χ0) is 8.59. The molecule has 1 rings (SSSR count). The summed E-state index contributed by atoms with van der Waals surface area (Å²) in [4.78, 5) is 0. The van der Waals surface area contributed by atoms with Crippen LogP contribution in [0.15, 0.2) is 21.9 Å². The molecule has 76 valence electrons. The molecule has 0 aliphatic heterocycles. The van der Waals surface area contributed by atoms with E-state index in [2.05, 4.69) is 34.2 Å². The summed E-state index contributed by atoms with van der Waals surface area (Å²) in [5.74, 6) is 0.721. The van der Waals surface area contributed by atoms with E-state index >= 15 is 0 Å². The van der Waals surface area contributed by atoms with Crippen molar-refractivity contribution < 1.29 is 0 Å². The molecule has 13 heavy (non-hydrogen) atoms. The van der Waals surface area contributed by atoms with Crippen molar-refractivity contribution in [2.24, 2.45) is 5.92 Å². The van der Waals surface area contributed by atoms with Gasteiger partial charge in [-0.1, -0.05) is 29.8 Å². The smallest absolute Gasteiger partial charge is 0.0727 e. The van der Waals surface area contributed by atoms with Crippen LogP contribution in [0, 0.1) is 5.92 Å². The molecule has 0 aromatic rings. The van der Waals surface area contributed by atoms with Gasteiger partial charge < -0.3 is 0 Å². The van der Waals surface area contributed by atoms with E-state index in [1.165, 1.54) is 5.57 Å². The summed E-state index contributed by atoms with van der Waals surface area (Å²) in [6, 6.07) is 0. The molecular weight excluding hydrogens is 219 g/mol. The second kappa shape index (κ2) is 5.89. The Morgan fingerprint density at radius 2 is 1.46 bits per heavy atom. The number of hydrogen-bond acceptors (Lipinski definition) is 0. The normalized spacial score (nSPS) is 21.5. The monoisotopic (exact) mass is 236 g/mol. The van der Waals surface area contributed by atoms with Crippen molar-refractivity contribution in [2.45, 2.75) is 34.2 Å². The van der Waals surface area contributed by atoms with Crippen LogP contribution >= 0.6 is 24.8 Å².